The maximum atomic E-state index is 14.3. The normalized spacial score (nSPS) is 28.4. The van der Waals surface area contributed by atoms with E-state index in [9.17, 15) is 4.39 Å². The lowest BCUT2D eigenvalue weighted by Crippen LogP contribution is -2.46. The van der Waals surface area contributed by atoms with Gasteiger partial charge >= 0.3 is 0 Å². The first kappa shape index (κ1) is 12.9. The fourth-order valence-electron chi connectivity index (χ4n) is 1.86. The van der Waals surface area contributed by atoms with E-state index in [1.54, 1.807) is 14.0 Å². The molecule has 0 aromatic carbocycles. The van der Waals surface area contributed by atoms with Crippen LogP contribution >= 0.6 is 0 Å². The van der Waals surface area contributed by atoms with Crippen LogP contribution in [0.5, 0.6) is 0 Å². The van der Waals surface area contributed by atoms with Crippen LogP contribution in [-0.4, -0.2) is 45.2 Å². The van der Waals surface area contributed by atoms with Gasteiger partial charge in [0.2, 0.25) is 0 Å². The molecule has 1 rings (SSSR count). The van der Waals surface area contributed by atoms with Gasteiger partial charge in [-0.25, -0.2) is 4.39 Å². The summed E-state index contributed by atoms with van der Waals surface area (Å²) in [6.45, 7) is 6.15. The van der Waals surface area contributed by atoms with Crippen LogP contribution in [0.2, 0.25) is 0 Å². The molecule has 3 atom stereocenters. The second-order valence-electron chi connectivity index (χ2n) is 4.56. The number of methoxy groups -OCH3 is 1. The van der Waals surface area contributed by atoms with Crippen molar-refractivity contribution in [1.82, 2.24) is 5.32 Å². The van der Waals surface area contributed by atoms with Crippen molar-refractivity contribution in [1.29, 1.82) is 0 Å². The van der Waals surface area contributed by atoms with Gasteiger partial charge in [-0.15, -0.1) is 0 Å². The molecule has 0 spiro atoms. The van der Waals surface area contributed by atoms with Gasteiger partial charge < -0.3 is 14.8 Å². The first-order valence-corrected chi connectivity index (χ1v) is 5.55. The average Bonchev–Trinajstić information content (AvgIpc) is 2.19. The molecule has 1 saturated heterocycles. The quantitative estimate of drug-likeness (QED) is 0.757. The van der Waals surface area contributed by atoms with Gasteiger partial charge in [0.15, 0.2) is 0 Å². The Morgan fingerprint density at radius 3 is 2.93 bits per heavy atom. The molecule has 4 heteroatoms. The molecule has 90 valence electrons. The summed E-state index contributed by atoms with van der Waals surface area (Å²) in [7, 11) is 1.61. The molecular formula is C11H22FNO2. The maximum Gasteiger partial charge on any atom is 0.114 e. The van der Waals surface area contributed by atoms with Crippen LogP contribution in [0.25, 0.3) is 0 Å². The molecule has 0 bridgehead atoms. The zero-order valence-corrected chi connectivity index (χ0v) is 9.88. The molecular weight excluding hydrogens is 197 g/mol. The molecule has 0 aromatic heterocycles. The molecule has 3 nitrogen and oxygen atoms in total. The third-order valence-electron chi connectivity index (χ3n) is 3.09. The van der Waals surface area contributed by atoms with Crippen molar-refractivity contribution >= 4 is 0 Å². The zero-order chi connectivity index (χ0) is 11.3. The summed E-state index contributed by atoms with van der Waals surface area (Å²) >= 11 is 0. The van der Waals surface area contributed by atoms with E-state index >= 15 is 0 Å². The number of morpholine rings is 1. The van der Waals surface area contributed by atoms with E-state index < -0.39 is 5.67 Å². The van der Waals surface area contributed by atoms with Crippen molar-refractivity contribution in [2.75, 3.05) is 33.5 Å². The number of hydrogen-bond acceptors (Lipinski definition) is 3. The van der Waals surface area contributed by atoms with Crippen molar-refractivity contribution in [2.45, 2.75) is 32.0 Å². The minimum absolute atomic E-state index is 0.0915. The predicted molar refractivity (Wildman–Crippen MR) is 57.8 cm³/mol. The Hall–Kier alpha value is -0.190. The van der Waals surface area contributed by atoms with Crippen LogP contribution in [0.15, 0.2) is 0 Å². The van der Waals surface area contributed by atoms with Crippen LogP contribution < -0.4 is 5.32 Å². The Morgan fingerprint density at radius 1 is 1.67 bits per heavy atom. The van der Waals surface area contributed by atoms with Gasteiger partial charge in [-0.1, -0.05) is 6.92 Å². The minimum atomic E-state index is -1.20. The Bertz CT molecular complexity index is 181. The summed E-state index contributed by atoms with van der Waals surface area (Å²) in [4.78, 5) is 0. The van der Waals surface area contributed by atoms with Gasteiger partial charge in [0.25, 0.3) is 0 Å². The third kappa shape index (κ3) is 4.05. The average molecular weight is 219 g/mol. The maximum absolute atomic E-state index is 14.3. The molecule has 0 amide bonds. The third-order valence-corrected chi connectivity index (χ3v) is 3.09. The van der Waals surface area contributed by atoms with Crippen LogP contribution in [-0.2, 0) is 9.47 Å². The number of hydrogen-bond donors (Lipinski definition) is 1. The van der Waals surface area contributed by atoms with E-state index in [4.69, 9.17) is 9.47 Å². The summed E-state index contributed by atoms with van der Waals surface area (Å²) in [5, 5.41) is 3.27. The minimum Gasteiger partial charge on any atom is -0.384 e. The summed E-state index contributed by atoms with van der Waals surface area (Å²) < 4.78 is 24.6. The largest absolute Gasteiger partial charge is 0.384 e. The second kappa shape index (κ2) is 5.77. The molecule has 1 aliphatic heterocycles. The Morgan fingerprint density at radius 2 is 2.40 bits per heavy atom. The highest BCUT2D eigenvalue weighted by Crippen LogP contribution is 2.28. The molecule has 15 heavy (non-hydrogen) atoms. The number of rotatable bonds is 5. The van der Waals surface area contributed by atoms with E-state index in [1.807, 2.05) is 6.92 Å². The van der Waals surface area contributed by atoms with E-state index in [0.717, 1.165) is 13.2 Å². The van der Waals surface area contributed by atoms with Crippen molar-refractivity contribution in [2.24, 2.45) is 5.92 Å². The van der Waals surface area contributed by atoms with Gasteiger partial charge in [-0.05, 0) is 13.3 Å². The first-order chi connectivity index (χ1) is 7.06. The molecule has 1 heterocycles. The topological polar surface area (TPSA) is 30.5 Å². The highest BCUT2D eigenvalue weighted by Gasteiger charge is 2.34. The molecule has 0 aromatic rings. The van der Waals surface area contributed by atoms with Crippen molar-refractivity contribution in [3.8, 4) is 0 Å². The predicted octanol–water partition coefficient (Wildman–Crippen LogP) is 1.38. The fraction of sp³-hybridized carbons (Fsp3) is 1.00. The zero-order valence-electron chi connectivity index (χ0n) is 9.88. The van der Waals surface area contributed by atoms with E-state index in [1.165, 1.54) is 0 Å². The Kier molecular flexibility index (Phi) is 4.96. The summed E-state index contributed by atoms with van der Waals surface area (Å²) in [6, 6.07) is 0.132. The lowest BCUT2D eigenvalue weighted by Gasteiger charge is -2.33. The monoisotopic (exact) mass is 219 g/mol. The standard InChI is InChI=1S/C11H22FNO2/c1-9(7-14-3)11(2,12)6-10-8-15-5-4-13-10/h9-10,13H,4-8H2,1-3H3. The Labute approximate surface area is 91.3 Å². The molecule has 1 fully saturated rings. The molecule has 1 N–H and O–H groups in total. The number of alkyl halides is 1. The summed E-state index contributed by atoms with van der Waals surface area (Å²) in [5.74, 6) is -0.0915. The molecule has 0 saturated carbocycles. The smallest absolute Gasteiger partial charge is 0.114 e. The first-order valence-electron chi connectivity index (χ1n) is 5.55. The summed E-state index contributed by atoms with van der Waals surface area (Å²) in [5.41, 5.74) is -1.20. The van der Waals surface area contributed by atoms with Crippen molar-refractivity contribution in [3.05, 3.63) is 0 Å². The van der Waals surface area contributed by atoms with E-state index in [-0.39, 0.29) is 12.0 Å². The molecule has 3 unspecified atom stereocenters. The second-order valence-corrected chi connectivity index (χ2v) is 4.56. The van der Waals surface area contributed by atoms with Crippen molar-refractivity contribution in [3.63, 3.8) is 0 Å². The van der Waals surface area contributed by atoms with Crippen LogP contribution in [0.1, 0.15) is 20.3 Å². The van der Waals surface area contributed by atoms with Crippen LogP contribution in [0, 0.1) is 5.92 Å². The molecule has 0 aliphatic carbocycles. The Balaban J connectivity index is 2.39. The van der Waals surface area contributed by atoms with Gasteiger partial charge in [0.1, 0.15) is 5.67 Å². The van der Waals surface area contributed by atoms with Gasteiger partial charge in [-0.3, -0.25) is 0 Å². The fourth-order valence-corrected chi connectivity index (χ4v) is 1.86. The van der Waals surface area contributed by atoms with Crippen molar-refractivity contribution < 1.29 is 13.9 Å². The molecule has 0 radical (unpaired) electrons. The van der Waals surface area contributed by atoms with E-state index in [2.05, 4.69) is 5.32 Å². The van der Waals surface area contributed by atoms with E-state index in [0.29, 0.717) is 19.6 Å². The lowest BCUT2D eigenvalue weighted by atomic mass is 9.87. The highest BCUT2D eigenvalue weighted by molar-refractivity contribution is 4.86. The van der Waals surface area contributed by atoms with Gasteiger partial charge in [0, 0.05) is 25.6 Å². The number of ether oxygens (including phenoxy) is 2. The van der Waals surface area contributed by atoms with Gasteiger partial charge in [0.05, 0.1) is 19.8 Å². The lowest BCUT2D eigenvalue weighted by molar-refractivity contribution is 0.00673. The van der Waals surface area contributed by atoms with Crippen LogP contribution in [0.3, 0.4) is 0 Å². The number of nitrogens with one attached hydrogen (secondary N) is 1. The highest BCUT2D eigenvalue weighted by atomic mass is 19.1. The molecule has 1 aliphatic rings. The van der Waals surface area contributed by atoms with Gasteiger partial charge in [-0.2, -0.15) is 0 Å². The number of halogens is 1. The SMILES string of the molecule is COCC(C)C(C)(F)CC1COCCN1. The summed E-state index contributed by atoms with van der Waals surface area (Å²) in [6.07, 6.45) is 0.484. The van der Waals surface area contributed by atoms with Crippen LogP contribution in [0.4, 0.5) is 4.39 Å².